The first-order chi connectivity index (χ1) is 13.9. The van der Waals surface area contributed by atoms with Crippen molar-refractivity contribution in [1.29, 1.82) is 0 Å². The highest BCUT2D eigenvalue weighted by atomic mass is 32.2. The smallest absolute Gasteiger partial charge is 0.252 e. The van der Waals surface area contributed by atoms with Gasteiger partial charge < -0.3 is 4.57 Å². The fourth-order valence-electron chi connectivity index (χ4n) is 3.27. The zero-order chi connectivity index (χ0) is 20.6. The fraction of sp³-hybridized carbons (Fsp3) is 0.182. The summed E-state index contributed by atoms with van der Waals surface area (Å²) in [6.07, 6.45) is 0.126. The maximum Gasteiger partial charge on any atom is 0.252 e. The minimum Gasteiger partial charge on any atom is -0.319 e. The number of benzene rings is 3. The maximum absolute atomic E-state index is 12.5. The lowest BCUT2D eigenvalue weighted by atomic mass is 10.1. The summed E-state index contributed by atoms with van der Waals surface area (Å²) in [6, 6.07) is 18.7. The first-order valence-corrected chi connectivity index (χ1v) is 11.7. The molecule has 1 amide bonds. The standard InChI is InChI=1S/C22H20N2O3S2/c1-3-29(26,27)17-11-8-15(9-12-17)14-20(25)23-22-24(2)19-13-10-16-6-4-5-7-18(16)21(19)28-22/h4-13H,3,14H2,1-2H3. The van der Waals surface area contributed by atoms with Crippen molar-refractivity contribution < 1.29 is 13.2 Å². The molecule has 7 heteroatoms. The van der Waals surface area contributed by atoms with Crippen LogP contribution in [0.3, 0.4) is 0 Å². The van der Waals surface area contributed by atoms with Crippen LogP contribution in [-0.4, -0.2) is 24.6 Å². The number of fused-ring (bicyclic) bond motifs is 3. The van der Waals surface area contributed by atoms with Crippen LogP contribution < -0.4 is 4.80 Å². The van der Waals surface area contributed by atoms with Crippen LogP contribution >= 0.6 is 11.3 Å². The molecule has 0 bridgehead atoms. The Morgan fingerprint density at radius 3 is 2.48 bits per heavy atom. The highest BCUT2D eigenvalue weighted by molar-refractivity contribution is 7.91. The molecule has 0 radical (unpaired) electrons. The van der Waals surface area contributed by atoms with Gasteiger partial charge in [0.25, 0.3) is 5.91 Å². The largest absolute Gasteiger partial charge is 0.319 e. The van der Waals surface area contributed by atoms with E-state index < -0.39 is 9.84 Å². The lowest BCUT2D eigenvalue weighted by Gasteiger charge is -2.02. The number of hydrogen-bond donors (Lipinski definition) is 0. The molecular weight excluding hydrogens is 404 g/mol. The van der Waals surface area contributed by atoms with Gasteiger partial charge in [-0.3, -0.25) is 4.79 Å². The molecule has 148 valence electrons. The number of sulfone groups is 1. The number of amides is 1. The van der Waals surface area contributed by atoms with Gasteiger partial charge in [0.15, 0.2) is 14.6 Å². The molecule has 0 unspecified atom stereocenters. The van der Waals surface area contributed by atoms with E-state index in [-0.39, 0.29) is 23.0 Å². The van der Waals surface area contributed by atoms with Gasteiger partial charge in [-0.15, -0.1) is 0 Å². The summed E-state index contributed by atoms with van der Waals surface area (Å²) in [5.41, 5.74) is 1.78. The molecular formula is C22H20N2O3S2. The second kappa shape index (κ2) is 7.57. The Hall–Kier alpha value is -2.77. The van der Waals surface area contributed by atoms with Crippen LogP contribution in [0.2, 0.25) is 0 Å². The van der Waals surface area contributed by atoms with Crippen molar-refractivity contribution in [2.75, 3.05) is 5.75 Å². The average molecular weight is 425 g/mol. The molecule has 0 saturated heterocycles. The number of rotatable bonds is 4. The van der Waals surface area contributed by atoms with Crippen LogP contribution in [0.5, 0.6) is 0 Å². The van der Waals surface area contributed by atoms with Crippen LogP contribution in [0, 0.1) is 0 Å². The first kappa shape index (κ1) is 19.5. The molecule has 0 N–H and O–H groups in total. The molecule has 4 rings (SSSR count). The molecule has 0 fully saturated rings. The Morgan fingerprint density at radius 1 is 1.03 bits per heavy atom. The highest BCUT2D eigenvalue weighted by Gasteiger charge is 2.12. The second-order valence-electron chi connectivity index (χ2n) is 6.81. The minimum atomic E-state index is -3.24. The Bertz CT molecular complexity index is 1400. The van der Waals surface area contributed by atoms with Crippen molar-refractivity contribution in [3.05, 3.63) is 71.0 Å². The average Bonchev–Trinajstić information content (AvgIpc) is 3.04. The summed E-state index contributed by atoms with van der Waals surface area (Å²) in [5, 5.41) is 2.30. The number of carbonyl (C=O) groups excluding carboxylic acids is 1. The molecule has 0 aliphatic heterocycles. The van der Waals surface area contributed by atoms with Crippen LogP contribution in [0.15, 0.2) is 70.6 Å². The molecule has 1 aromatic heterocycles. The number of aryl methyl sites for hydroxylation is 1. The quantitative estimate of drug-likeness (QED) is 0.500. The predicted molar refractivity (Wildman–Crippen MR) is 117 cm³/mol. The molecule has 0 saturated carbocycles. The van der Waals surface area contributed by atoms with Crippen molar-refractivity contribution in [2.24, 2.45) is 12.0 Å². The van der Waals surface area contributed by atoms with Crippen LogP contribution in [0.4, 0.5) is 0 Å². The Morgan fingerprint density at radius 2 is 1.76 bits per heavy atom. The monoisotopic (exact) mass is 424 g/mol. The summed E-state index contributed by atoms with van der Waals surface area (Å²) in [5.74, 6) is -0.208. The number of thiazole rings is 1. The van der Waals surface area contributed by atoms with Crippen LogP contribution in [0.1, 0.15) is 12.5 Å². The third-order valence-electron chi connectivity index (χ3n) is 4.94. The third kappa shape index (κ3) is 3.75. The van der Waals surface area contributed by atoms with Crippen molar-refractivity contribution in [1.82, 2.24) is 4.57 Å². The third-order valence-corrected chi connectivity index (χ3v) is 7.87. The van der Waals surface area contributed by atoms with E-state index in [0.717, 1.165) is 26.6 Å². The lowest BCUT2D eigenvalue weighted by molar-refractivity contribution is -0.117. The molecule has 4 aromatic rings. The zero-order valence-electron chi connectivity index (χ0n) is 16.1. The van der Waals surface area contributed by atoms with Gasteiger partial charge >= 0.3 is 0 Å². The summed E-state index contributed by atoms with van der Waals surface area (Å²) in [7, 11) is -1.33. The Balaban J connectivity index is 1.66. The van der Waals surface area contributed by atoms with Crippen LogP contribution in [-0.2, 0) is 28.1 Å². The molecule has 0 aliphatic rings. The lowest BCUT2D eigenvalue weighted by Crippen LogP contribution is -2.14. The van der Waals surface area contributed by atoms with Gasteiger partial charge in [-0.05, 0) is 29.1 Å². The molecule has 29 heavy (non-hydrogen) atoms. The van der Waals surface area contributed by atoms with Gasteiger partial charge in [0.05, 0.1) is 27.3 Å². The number of aromatic nitrogens is 1. The van der Waals surface area contributed by atoms with Crippen molar-refractivity contribution >= 4 is 48.1 Å². The van der Waals surface area contributed by atoms with Gasteiger partial charge in [0, 0.05) is 12.4 Å². The number of nitrogens with zero attached hydrogens (tertiary/aromatic N) is 2. The summed E-state index contributed by atoms with van der Waals surface area (Å²) >= 11 is 1.50. The fourth-order valence-corrected chi connectivity index (χ4v) is 5.32. The van der Waals surface area contributed by atoms with Crippen LogP contribution in [0.25, 0.3) is 21.0 Å². The van der Waals surface area contributed by atoms with E-state index in [1.807, 2.05) is 29.8 Å². The normalized spacial score (nSPS) is 12.7. The van der Waals surface area contributed by atoms with E-state index in [0.29, 0.717) is 4.80 Å². The molecule has 0 spiro atoms. The topological polar surface area (TPSA) is 68.5 Å². The van der Waals surface area contributed by atoms with E-state index in [9.17, 15) is 13.2 Å². The highest BCUT2D eigenvalue weighted by Crippen LogP contribution is 2.27. The van der Waals surface area contributed by atoms with E-state index in [4.69, 9.17) is 0 Å². The minimum absolute atomic E-state index is 0.0533. The van der Waals surface area contributed by atoms with Crippen molar-refractivity contribution in [2.45, 2.75) is 18.2 Å². The second-order valence-corrected chi connectivity index (χ2v) is 10.1. The van der Waals surface area contributed by atoms with E-state index in [1.165, 1.54) is 11.3 Å². The molecule has 3 aromatic carbocycles. The van der Waals surface area contributed by atoms with Crippen molar-refractivity contribution in [3.8, 4) is 0 Å². The van der Waals surface area contributed by atoms with Gasteiger partial charge in [0.1, 0.15) is 0 Å². The first-order valence-electron chi connectivity index (χ1n) is 9.25. The Labute approximate surface area is 172 Å². The molecule has 1 heterocycles. The van der Waals surface area contributed by atoms with Crippen molar-refractivity contribution in [3.63, 3.8) is 0 Å². The molecule has 0 atom stereocenters. The van der Waals surface area contributed by atoms with Gasteiger partial charge in [0.2, 0.25) is 0 Å². The molecule has 0 aliphatic carbocycles. The number of carbonyl (C=O) groups is 1. The number of hydrogen-bond acceptors (Lipinski definition) is 4. The predicted octanol–water partition coefficient (Wildman–Crippen LogP) is 3.86. The van der Waals surface area contributed by atoms with E-state index >= 15 is 0 Å². The van der Waals surface area contributed by atoms with Gasteiger partial charge in [-0.25, -0.2) is 8.42 Å². The SMILES string of the molecule is CCS(=O)(=O)c1ccc(CC(=O)N=c2sc3c4ccccc4ccc3n2C)cc1. The Kier molecular flexibility index (Phi) is 5.10. The van der Waals surface area contributed by atoms with E-state index in [1.54, 1.807) is 31.2 Å². The van der Waals surface area contributed by atoms with Gasteiger partial charge in [-0.1, -0.05) is 60.7 Å². The van der Waals surface area contributed by atoms with Gasteiger partial charge in [-0.2, -0.15) is 4.99 Å². The summed E-state index contributed by atoms with van der Waals surface area (Å²) < 4.78 is 26.8. The maximum atomic E-state index is 12.5. The summed E-state index contributed by atoms with van der Waals surface area (Å²) in [4.78, 5) is 17.7. The molecule has 5 nitrogen and oxygen atoms in total. The van der Waals surface area contributed by atoms with E-state index in [2.05, 4.69) is 23.2 Å². The summed E-state index contributed by atoms with van der Waals surface area (Å²) in [6.45, 7) is 1.61. The zero-order valence-corrected chi connectivity index (χ0v) is 17.8.